The number of nitrogens with zero attached hydrogens (tertiary/aromatic N) is 4. The molecule has 1 aromatic heterocycles. The molecule has 0 saturated carbocycles. The highest BCUT2D eigenvalue weighted by molar-refractivity contribution is 5.68. The molecule has 170 valence electrons. The number of piperazine rings is 1. The van der Waals surface area contributed by atoms with Gasteiger partial charge in [-0.3, -0.25) is 4.68 Å². The summed E-state index contributed by atoms with van der Waals surface area (Å²) in [5.41, 5.74) is 0.702. The molecule has 0 unspecified atom stereocenters. The number of ether oxygens (including phenoxy) is 2. The van der Waals surface area contributed by atoms with E-state index in [2.05, 4.69) is 34.8 Å². The van der Waals surface area contributed by atoms with E-state index in [1.165, 1.54) is 5.69 Å². The molecule has 2 fully saturated rings. The monoisotopic (exact) mass is 421 g/mol. The number of carbonyl (C=O) groups is 1. The van der Waals surface area contributed by atoms with Crippen LogP contribution in [0.2, 0.25) is 0 Å². The van der Waals surface area contributed by atoms with E-state index in [1.54, 1.807) is 7.11 Å². The van der Waals surface area contributed by atoms with Crippen LogP contribution in [0.25, 0.3) is 0 Å². The first-order chi connectivity index (χ1) is 14.1. The minimum Gasteiger partial charge on any atom is -0.444 e. The first kappa shape index (κ1) is 22.9. The lowest BCUT2D eigenvalue weighted by Crippen LogP contribution is -2.60. The molecule has 2 aliphatic heterocycles. The third kappa shape index (κ3) is 5.27. The van der Waals surface area contributed by atoms with Crippen LogP contribution in [0.4, 0.5) is 10.6 Å². The molecular weight excluding hydrogens is 382 g/mol. The van der Waals surface area contributed by atoms with Crippen molar-refractivity contribution in [2.24, 2.45) is 0 Å². The van der Waals surface area contributed by atoms with E-state index in [4.69, 9.17) is 14.6 Å². The number of carbonyl (C=O) groups excluding carboxylic acids is 1. The minimum atomic E-state index is -0.458. The number of piperidine rings is 1. The van der Waals surface area contributed by atoms with E-state index in [1.807, 2.05) is 25.7 Å². The van der Waals surface area contributed by atoms with Gasteiger partial charge >= 0.3 is 6.09 Å². The van der Waals surface area contributed by atoms with Crippen molar-refractivity contribution in [1.82, 2.24) is 20.0 Å². The molecule has 1 aromatic rings. The number of methoxy groups -OCH3 is 1. The summed E-state index contributed by atoms with van der Waals surface area (Å²) in [5, 5.41) is 8.55. The predicted octanol–water partition coefficient (Wildman–Crippen LogP) is 2.97. The second-order valence-electron chi connectivity index (χ2n) is 9.86. The Hall–Kier alpha value is -1.80. The van der Waals surface area contributed by atoms with Crippen LogP contribution in [0.5, 0.6) is 0 Å². The number of nitrogens with one attached hydrogen (secondary N) is 1. The number of rotatable bonds is 5. The maximum Gasteiger partial charge on any atom is 0.410 e. The van der Waals surface area contributed by atoms with Crippen LogP contribution < -0.4 is 10.2 Å². The van der Waals surface area contributed by atoms with E-state index < -0.39 is 5.60 Å². The van der Waals surface area contributed by atoms with E-state index in [0.29, 0.717) is 19.1 Å². The van der Waals surface area contributed by atoms with Gasteiger partial charge in [0.05, 0.1) is 11.6 Å². The maximum atomic E-state index is 12.4. The molecule has 0 spiro atoms. The first-order valence-electron chi connectivity index (χ1n) is 11.1. The Morgan fingerprint density at radius 3 is 2.63 bits per heavy atom. The Morgan fingerprint density at radius 2 is 2.00 bits per heavy atom. The van der Waals surface area contributed by atoms with Gasteiger partial charge in [0, 0.05) is 58.2 Å². The van der Waals surface area contributed by atoms with Crippen molar-refractivity contribution in [3.8, 4) is 0 Å². The van der Waals surface area contributed by atoms with Crippen LogP contribution in [0.15, 0.2) is 6.07 Å². The van der Waals surface area contributed by atoms with Crippen LogP contribution in [0.1, 0.15) is 58.7 Å². The summed E-state index contributed by atoms with van der Waals surface area (Å²) in [7, 11) is 1.76. The standard InChI is InChI=1S/C22H39N5O3/c1-17-15-19(26-13-10-23-16-22(26,5)9-14-29-6)24-27(17)18-7-11-25(12-8-18)20(28)30-21(2,3)4/h15,18,23H,7-14,16H2,1-6H3/t22-/m0/s1. The topological polar surface area (TPSA) is 71.9 Å². The molecule has 0 aliphatic carbocycles. The van der Waals surface area contributed by atoms with Gasteiger partial charge in [-0.05, 0) is 53.9 Å². The number of anilines is 1. The highest BCUT2D eigenvalue weighted by Gasteiger charge is 2.36. The van der Waals surface area contributed by atoms with Crippen molar-refractivity contribution in [2.45, 2.75) is 71.1 Å². The predicted molar refractivity (Wildman–Crippen MR) is 118 cm³/mol. The fourth-order valence-corrected chi connectivity index (χ4v) is 4.44. The maximum absolute atomic E-state index is 12.4. The average molecular weight is 422 g/mol. The lowest BCUT2D eigenvalue weighted by molar-refractivity contribution is 0.0184. The molecule has 3 heterocycles. The lowest BCUT2D eigenvalue weighted by Gasteiger charge is -2.45. The van der Waals surface area contributed by atoms with Crippen molar-refractivity contribution in [1.29, 1.82) is 0 Å². The van der Waals surface area contributed by atoms with Crippen molar-refractivity contribution in [2.75, 3.05) is 51.3 Å². The van der Waals surface area contributed by atoms with Gasteiger partial charge in [-0.15, -0.1) is 0 Å². The lowest BCUT2D eigenvalue weighted by atomic mass is 9.93. The van der Waals surface area contributed by atoms with Crippen LogP contribution in [-0.4, -0.2) is 78.4 Å². The second kappa shape index (κ2) is 9.14. The fraction of sp³-hybridized carbons (Fsp3) is 0.818. The molecule has 2 aliphatic rings. The second-order valence-corrected chi connectivity index (χ2v) is 9.86. The molecule has 1 N–H and O–H groups in total. The number of likely N-dealkylation sites (tertiary alicyclic amines) is 1. The van der Waals surface area contributed by atoms with E-state index in [0.717, 1.165) is 51.3 Å². The van der Waals surface area contributed by atoms with Crippen LogP contribution in [0, 0.1) is 6.92 Å². The van der Waals surface area contributed by atoms with Crippen LogP contribution in [0.3, 0.4) is 0 Å². The minimum absolute atomic E-state index is 0.0139. The molecule has 3 rings (SSSR count). The van der Waals surface area contributed by atoms with Gasteiger partial charge in [-0.25, -0.2) is 4.79 Å². The van der Waals surface area contributed by atoms with Crippen molar-refractivity contribution < 1.29 is 14.3 Å². The zero-order valence-electron chi connectivity index (χ0n) is 19.5. The Balaban J connectivity index is 1.67. The summed E-state index contributed by atoms with van der Waals surface area (Å²) in [5.74, 6) is 1.04. The summed E-state index contributed by atoms with van der Waals surface area (Å²) < 4.78 is 13.0. The summed E-state index contributed by atoms with van der Waals surface area (Å²) in [4.78, 5) is 16.6. The Kier molecular flexibility index (Phi) is 6.97. The first-order valence-corrected chi connectivity index (χ1v) is 11.1. The Labute approximate surface area is 180 Å². The largest absolute Gasteiger partial charge is 0.444 e. The van der Waals surface area contributed by atoms with Gasteiger partial charge in [0.15, 0.2) is 5.82 Å². The normalized spacial score (nSPS) is 23.7. The van der Waals surface area contributed by atoms with Gasteiger partial charge in [0.25, 0.3) is 0 Å². The van der Waals surface area contributed by atoms with Crippen molar-refractivity contribution in [3.05, 3.63) is 11.8 Å². The highest BCUT2D eigenvalue weighted by atomic mass is 16.6. The van der Waals surface area contributed by atoms with E-state index in [9.17, 15) is 4.79 Å². The molecule has 2 saturated heterocycles. The van der Waals surface area contributed by atoms with E-state index in [-0.39, 0.29) is 11.6 Å². The number of aromatic nitrogens is 2. The molecule has 8 heteroatoms. The highest BCUT2D eigenvalue weighted by Crippen LogP contribution is 2.31. The van der Waals surface area contributed by atoms with Crippen molar-refractivity contribution in [3.63, 3.8) is 0 Å². The third-order valence-electron chi connectivity index (χ3n) is 6.16. The molecule has 1 atom stereocenters. The quantitative estimate of drug-likeness (QED) is 0.788. The van der Waals surface area contributed by atoms with Gasteiger partial charge in [-0.2, -0.15) is 5.10 Å². The van der Waals surface area contributed by atoms with Gasteiger partial charge in [-0.1, -0.05) is 0 Å². The van der Waals surface area contributed by atoms with Crippen LogP contribution >= 0.6 is 0 Å². The Morgan fingerprint density at radius 1 is 1.30 bits per heavy atom. The SMILES string of the molecule is COCC[C@@]1(C)CNCCN1c1cc(C)n(C2CCN(C(=O)OC(C)(C)C)CC2)n1. The summed E-state index contributed by atoms with van der Waals surface area (Å²) in [6.07, 6.45) is 2.53. The summed E-state index contributed by atoms with van der Waals surface area (Å²) >= 11 is 0. The van der Waals surface area contributed by atoms with Crippen molar-refractivity contribution >= 4 is 11.9 Å². The molecule has 1 amide bonds. The molecule has 0 bridgehead atoms. The number of amides is 1. The average Bonchev–Trinajstić information content (AvgIpc) is 3.07. The van der Waals surface area contributed by atoms with Gasteiger partial charge in [0.2, 0.25) is 0 Å². The fourth-order valence-electron chi connectivity index (χ4n) is 4.44. The zero-order valence-corrected chi connectivity index (χ0v) is 19.5. The number of aryl methyl sites for hydroxylation is 1. The smallest absolute Gasteiger partial charge is 0.410 e. The number of hydrogen-bond acceptors (Lipinski definition) is 6. The summed E-state index contributed by atoms with van der Waals surface area (Å²) in [6, 6.07) is 2.52. The summed E-state index contributed by atoms with van der Waals surface area (Å²) in [6.45, 7) is 15.1. The van der Waals surface area contributed by atoms with Gasteiger partial charge in [0.1, 0.15) is 5.60 Å². The molecule has 30 heavy (non-hydrogen) atoms. The molecular formula is C22H39N5O3. The number of hydrogen-bond donors (Lipinski definition) is 1. The molecule has 8 nitrogen and oxygen atoms in total. The van der Waals surface area contributed by atoms with Gasteiger partial charge < -0.3 is 24.6 Å². The third-order valence-corrected chi connectivity index (χ3v) is 6.16. The zero-order chi connectivity index (χ0) is 21.9. The van der Waals surface area contributed by atoms with E-state index >= 15 is 0 Å². The molecule has 0 radical (unpaired) electrons. The van der Waals surface area contributed by atoms with Crippen LogP contribution in [-0.2, 0) is 9.47 Å². The Bertz CT molecular complexity index is 721. The molecule has 0 aromatic carbocycles.